The van der Waals surface area contributed by atoms with E-state index < -0.39 is 6.10 Å². The first-order valence-electron chi connectivity index (χ1n) is 30.0. The van der Waals surface area contributed by atoms with Crippen LogP contribution < -0.4 is 0 Å². The second-order valence-corrected chi connectivity index (χ2v) is 19.9. The van der Waals surface area contributed by atoms with Crippen molar-refractivity contribution < 1.29 is 28.6 Å². The Balaban J connectivity index is 4.44. The third kappa shape index (κ3) is 55.8. The smallest absolute Gasteiger partial charge is 0.306 e. The van der Waals surface area contributed by atoms with Crippen LogP contribution in [0.1, 0.15) is 297 Å². The van der Waals surface area contributed by atoms with Crippen molar-refractivity contribution in [2.75, 3.05) is 13.2 Å². The van der Waals surface area contributed by atoms with Crippen molar-refractivity contribution in [3.8, 4) is 0 Å². The largest absolute Gasteiger partial charge is 0.462 e. The molecule has 0 heterocycles. The first-order valence-corrected chi connectivity index (χ1v) is 30.0. The van der Waals surface area contributed by atoms with E-state index in [1.807, 2.05) is 0 Å². The van der Waals surface area contributed by atoms with Gasteiger partial charge in [0.25, 0.3) is 0 Å². The molecule has 1 atom stereocenters. The lowest BCUT2D eigenvalue weighted by atomic mass is 10.0. The molecule has 0 aromatic carbocycles. The third-order valence-electron chi connectivity index (χ3n) is 13.0. The second-order valence-electron chi connectivity index (χ2n) is 19.9. The minimum Gasteiger partial charge on any atom is -0.462 e. The van der Waals surface area contributed by atoms with Crippen molar-refractivity contribution in [3.05, 3.63) is 72.9 Å². The number of carbonyl (C=O) groups is 3. The fourth-order valence-corrected chi connectivity index (χ4v) is 8.43. The fraction of sp³-hybridized carbons (Fsp3) is 0.766. The third-order valence-corrected chi connectivity index (χ3v) is 13.0. The molecule has 0 aliphatic rings. The first-order chi connectivity index (χ1) is 34.5. The monoisotopic (exact) mass is 977 g/mol. The molecule has 0 amide bonds. The van der Waals surface area contributed by atoms with E-state index in [-0.39, 0.29) is 37.5 Å². The summed E-state index contributed by atoms with van der Waals surface area (Å²) in [5.74, 6) is -0.944. The van der Waals surface area contributed by atoms with Gasteiger partial charge in [0, 0.05) is 19.3 Å². The van der Waals surface area contributed by atoms with E-state index in [1.54, 1.807) is 0 Å². The molecule has 0 fully saturated rings. The molecular weight excluding hydrogens is 865 g/mol. The number of unbranched alkanes of at least 4 members (excludes halogenated alkanes) is 32. The highest BCUT2D eigenvalue weighted by Crippen LogP contribution is 2.16. The van der Waals surface area contributed by atoms with Gasteiger partial charge in [-0.05, 0) is 83.5 Å². The van der Waals surface area contributed by atoms with Gasteiger partial charge < -0.3 is 14.2 Å². The molecule has 404 valence electrons. The highest BCUT2D eigenvalue weighted by atomic mass is 16.6. The predicted octanol–water partition coefficient (Wildman–Crippen LogP) is 20.2. The molecule has 70 heavy (non-hydrogen) atoms. The Labute approximate surface area is 433 Å². The summed E-state index contributed by atoms with van der Waals surface area (Å²) in [5.41, 5.74) is 0. The summed E-state index contributed by atoms with van der Waals surface area (Å²) in [4.78, 5) is 38.2. The van der Waals surface area contributed by atoms with Gasteiger partial charge in [-0.25, -0.2) is 0 Å². The summed E-state index contributed by atoms with van der Waals surface area (Å²) in [5, 5.41) is 0. The van der Waals surface area contributed by atoms with Crippen molar-refractivity contribution >= 4 is 17.9 Å². The molecule has 0 saturated carbocycles. The Hall–Kier alpha value is -3.15. The minimum atomic E-state index is -0.804. The Morgan fingerprint density at radius 3 is 0.957 bits per heavy atom. The zero-order valence-corrected chi connectivity index (χ0v) is 46.3. The Morgan fingerprint density at radius 1 is 0.300 bits per heavy atom. The zero-order chi connectivity index (χ0) is 50.7. The Kier molecular flexibility index (Phi) is 55.8. The van der Waals surface area contributed by atoms with E-state index in [9.17, 15) is 14.4 Å². The number of hydrogen-bond acceptors (Lipinski definition) is 6. The van der Waals surface area contributed by atoms with Crippen molar-refractivity contribution in [2.45, 2.75) is 303 Å². The van der Waals surface area contributed by atoms with Gasteiger partial charge in [-0.2, -0.15) is 0 Å². The minimum absolute atomic E-state index is 0.0955. The van der Waals surface area contributed by atoms with Crippen molar-refractivity contribution in [1.29, 1.82) is 0 Å². The summed E-state index contributed by atoms with van der Waals surface area (Å²) in [6.07, 6.45) is 74.7. The maximum absolute atomic E-state index is 12.8. The molecule has 0 N–H and O–H groups in total. The van der Waals surface area contributed by atoms with Crippen molar-refractivity contribution in [1.82, 2.24) is 0 Å². The van der Waals surface area contributed by atoms with Crippen molar-refractivity contribution in [2.24, 2.45) is 0 Å². The van der Waals surface area contributed by atoms with Crippen LogP contribution in [0.2, 0.25) is 0 Å². The molecule has 0 saturated heterocycles. The van der Waals surface area contributed by atoms with E-state index >= 15 is 0 Å². The Morgan fingerprint density at radius 2 is 0.571 bits per heavy atom. The summed E-state index contributed by atoms with van der Waals surface area (Å²) in [6.45, 7) is 6.57. The lowest BCUT2D eigenvalue weighted by Gasteiger charge is -2.18. The van der Waals surface area contributed by atoms with Crippen LogP contribution >= 0.6 is 0 Å². The average Bonchev–Trinajstić information content (AvgIpc) is 3.36. The van der Waals surface area contributed by atoms with Gasteiger partial charge in [-0.1, -0.05) is 267 Å². The van der Waals surface area contributed by atoms with Gasteiger partial charge in [0.2, 0.25) is 0 Å². The van der Waals surface area contributed by atoms with Crippen LogP contribution in [0.3, 0.4) is 0 Å². The molecule has 0 bridgehead atoms. The van der Waals surface area contributed by atoms with E-state index in [2.05, 4.69) is 93.7 Å². The SMILES string of the molecule is CCCCC/C=C\C=C/CCCCCCCCCCCCC(=O)OCC(COC(=O)CCCCCCCCCCCCCCCCCC)OC(=O)CCC/C=C\C/C=C\C/C=C\C/C=C\CCCCC. The molecular formula is C64H112O6. The lowest BCUT2D eigenvalue weighted by Crippen LogP contribution is -2.30. The average molecular weight is 978 g/mol. The molecule has 0 aromatic rings. The molecule has 6 nitrogen and oxygen atoms in total. The molecule has 0 aliphatic heterocycles. The van der Waals surface area contributed by atoms with Gasteiger partial charge >= 0.3 is 17.9 Å². The number of carbonyl (C=O) groups excluding carboxylic acids is 3. The van der Waals surface area contributed by atoms with Crippen LogP contribution in [0.25, 0.3) is 0 Å². The highest BCUT2D eigenvalue weighted by molar-refractivity contribution is 5.71. The quantitative estimate of drug-likeness (QED) is 0.0199. The van der Waals surface area contributed by atoms with E-state index in [1.165, 1.54) is 186 Å². The fourth-order valence-electron chi connectivity index (χ4n) is 8.43. The number of ether oxygens (including phenoxy) is 3. The normalized spacial score (nSPS) is 12.6. The summed E-state index contributed by atoms with van der Waals surface area (Å²) in [7, 11) is 0. The van der Waals surface area contributed by atoms with Crippen LogP contribution in [-0.4, -0.2) is 37.2 Å². The molecule has 0 aliphatic carbocycles. The summed E-state index contributed by atoms with van der Waals surface area (Å²) >= 11 is 0. The molecule has 1 unspecified atom stereocenters. The number of esters is 3. The summed E-state index contributed by atoms with van der Waals surface area (Å²) < 4.78 is 16.8. The maximum atomic E-state index is 12.8. The van der Waals surface area contributed by atoms with Crippen LogP contribution in [0.5, 0.6) is 0 Å². The van der Waals surface area contributed by atoms with Crippen LogP contribution in [0.4, 0.5) is 0 Å². The zero-order valence-electron chi connectivity index (χ0n) is 46.3. The lowest BCUT2D eigenvalue weighted by molar-refractivity contribution is -0.167. The molecule has 0 aromatic heterocycles. The molecule has 6 heteroatoms. The van der Waals surface area contributed by atoms with E-state index in [0.717, 1.165) is 64.2 Å². The van der Waals surface area contributed by atoms with E-state index in [4.69, 9.17) is 14.2 Å². The molecule has 0 rings (SSSR count). The van der Waals surface area contributed by atoms with Crippen molar-refractivity contribution in [3.63, 3.8) is 0 Å². The topological polar surface area (TPSA) is 78.9 Å². The standard InChI is InChI=1S/C64H112O6/c1-4-7-10-13-16-19-22-25-28-31-32-34-36-39-42-45-48-51-54-57-63(66)69-60-61(59-68-62(65)56-53-50-47-44-41-38-35-30-27-24-21-18-15-12-9-6-3)70-64(67)58-55-52-49-46-43-40-37-33-29-26-23-20-17-14-11-8-5-2/h16-17,19-20,22,25-26,29,37,40,46,49,61H,4-15,18,21,23-24,27-28,30-36,38-39,41-45,47-48,50-60H2,1-3H3/b19-16-,20-17-,25-22-,29-26-,40-37-,49-46-. The second kappa shape index (κ2) is 58.4. The predicted molar refractivity (Wildman–Crippen MR) is 302 cm³/mol. The number of hydrogen-bond donors (Lipinski definition) is 0. The number of rotatable bonds is 54. The molecule has 0 spiro atoms. The van der Waals surface area contributed by atoms with Crippen LogP contribution in [-0.2, 0) is 28.6 Å². The van der Waals surface area contributed by atoms with E-state index in [0.29, 0.717) is 19.3 Å². The van der Waals surface area contributed by atoms with Gasteiger partial charge in [0.05, 0.1) is 0 Å². The van der Waals surface area contributed by atoms with Gasteiger partial charge in [0.15, 0.2) is 6.10 Å². The number of allylic oxidation sites excluding steroid dienone is 12. The maximum Gasteiger partial charge on any atom is 0.306 e. The van der Waals surface area contributed by atoms with Gasteiger partial charge in [-0.3, -0.25) is 14.4 Å². The highest BCUT2D eigenvalue weighted by Gasteiger charge is 2.19. The Bertz CT molecular complexity index is 1310. The summed E-state index contributed by atoms with van der Waals surface area (Å²) in [6, 6.07) is 0. The van der Waals surface area contributed by atoms with Crippen LogP contribution in [0.15, 0.2) is 72.9 Å². The van der Waals surface area contributed by atoms with Crippen LogP contribution in [0, 0.1) is 0 Å². The van der Waals surface area contributed by atoms with Gasteiger partial charge in [-0.15, -0.1) is 0 Å². The molecule has 0 radical (unpaired) electrons. The first kappa shape index (κ1) is 66.9. The van der Waals surface area contributed by atoms with Gasteiger partial charge in [0.1, 0.15) is 13.2 Å².